The van der Waals surface area contributed by atoms with Crippen LogP contribution in [0.1, 0.15) is 26.5 Å². The number of nitrogens with zero attached hydrogens (tertiary/aromatic N) is 5. The van der Waals surface area contributed by atoms with Crippen LogP contribution in [0.15, 0.2) is 48.5 Å². The molecule has 0 aliphatic carbocycles. The number of benzene rings is 2. The van der Waals surface area contributed by atoms with Gasteiger partial charge in [0.05, 0.1) is 16.8 Å². The molecule has 3 amide bonds. The Kier molecular flexibility index (Phi) is 4.82. The number of hydrogen-bond acceptors (Lipinski definition) is 6. The van der Waals surface area contributed by atoms with Gasteiger partial charge in [0.2, 0.25) is 5.91 Å². The van der Waals surface area contributed by atoms with Crippen molar-refractivity contribution in [1.82, 2.24) is 25.1 Å². The number of amides is 3. The van der Waals surface area contributed by atoms with Crippen molar-refractivity contribution in [2.45, 2.75) is 13.0 Å². The second kappa shape index (κ2) is 7.58. The summed E-state index contributed by atoms with van der Waals surface area (Å²) < 4.78 is 13.6. The molecule has 146 valence electrons. The number of halogens is 1. The first-order valence-electron chi connectivity index (χ1n) is 8.79. The number of imide groups is 1. The van der Waals surface area contributed by atoms with Crippen molar-refractivity contribution >= 4 is 23.4 Å². The molecule has 9 nitrogen and oxygen atoms in total. The van der Waals surface area contributed by atoms with E-state index in [9.17, 15) is 18.8 Å². The van der Waals surface area contributed by atoms with E-state index in [0.29, 0.717) is 11.1 Å². The highest BCUT2D eigenvalue weighted by molar-refractivity contribution is 6.21. The van der Waals surface area contributed by atoms with Crippen LogP contribution in [0.3, 0.4) is 0 Å². The molecule has 4 rings (SSSR count). The van der Waals surface area contributed by atoms with Crippen molar-refractivity contribution in [2.24, 2.45) is 0 Å². The SMILES string of the molecule is O=C(Cn1nnc(CCN2C(=O)c3ccccc3C2=O)n1)Nc1ccccc1F. The lowest BCUT2D eigenvalue weighted by atomic mass is 10.1. The molecular formula is C19H15FN6O3. The van der Waals surface area contributed by atoms with E-state index in [4.69, 9.17) is 0 Å². The fourth-order valence-corrected chi connectivity index (χ4v) is 2.98. The zero-order valence-electron chi connectivity index (χ0n) is 15.1. The molecule has 0 spiro atoms. The Morgan fingerprint density at radius 3 is 2.34 bits per heavy atom. The van der Waals surface area contributed by atoms with Crippen molar-refractivity contribution < 1.29 is 18.8 Å². The highest BCUT2D eigenvalue weighted by atomic mass is 19.1. The van der Waals surface area contributed by atoms with Crippen LogP contribution in [0.4, 0.5) is 10.1 Å². The van der Waals surface area contributed by atoms with Gasteiger partial charge in [0.1, 0.15) is 12.4 Å². The van der Waals surface area contributed by atoms with Crippen LogP contribution >= 0.6 is 0 Å². The van der Waals surface area contributed by atoms with Gasteiger partial charge < -0.3 is 5.32 Å². The van der Waals surface area contributed by atoms with Gasteiger partial charge in [0, 0.05) is 13.0 Å². The number of carbonyl (C=O) groups excluding carboxylic acids is 3. The van der Waals surface area contributed by atoms with Crippen molar-refractivity contribution in [1.29, 1.82) is 0 Å². The molecule has 2 heterocycles. The summed E-state index contributed by atoms with van der Waals surface area (Å²) in [5.41, 5.74) is 0.807. The number of carbonyl (C=O) groups is 3. The molecule has 0 atom stereocenters. The van der Waals surface area contributed by atoms with E-state index < -0.39 is 11.7 Å². The average Bonchev–Trinajstić information content (AvgIpc) is 3.25. The summed E-state index contributed by atoms with van der Waals surface area (Å²) in [5.74, 6) is -1.50. The van der Waals surface area contributed by atoms with Crippen molar-refractivity contribution in [3.8, 4) is 0 Å². The maximum atomic E-state index is 13.6. The monoisotopic (exact) mass is 394 g/mol. The zero-order chi connectivity index (χ0) is 20.4. The molecule has 0 bridgehead atoms. The number of hydrogen-bond donors (Lipinski definition) is 1. The first kappa shape index (κ1) is 18.4. The third-order valence-electron chi connectivity index (χ3n) is 4.36. The zero-order valence-corrected chi connectivity index (χ0v) is 15.1. The van der Waals surface area contributed by atoms with Gasteiger partial charge in [-0.15, -0.1) is 10.2 Å². The van der Waals surface area contributed by atoms with Gasteiger partial charge in [-0.25, -0.2) is 4.39 Å². The summed E-state index contributed by atoms with van der Waals surface area (Å²) >= 11 is 0. The van der Waals surface area contributed by atoms with E-state index >= 15 is 0 Å². The minimum atomic E-state index is -0.547. The number of para-hydroxylation sites is 1. The lowest BCUT2D eigenvalue weighted by molar-refractivity contribution is -0.117. The van der Waals surface area contributed by atoms with E-state index in [-0.39, 0.29) is 42.8 Å². The van der Waals surface area contributed by atoms with Gasteiger partial charge >= 0.3 is 0 Å². The molecule has 29 heavy (non-hydrogen) atoms. The normalized spacial score (nSPS) is 12.9. The lowest BCUT2D eigenvalue weighted by Crippen LogP contribution is -2.32. The topological polar surface area (TPSA) is 110 Å². The van der Waals surface area contributed by atoms with Crippen LogP contribution in [-0.4, -0.2) is 49.4 Å². The van der Waals surface area contributed by atoms with Crippen LogP contribution in [-0.2, 0) is 17.8 Å². The van der Waals surface area contributed by atoms with Gasteiger partial charge in [-0.05, 0) is 29.5 Å². The van der Waals surface area contributed by atoms with Gasteiger partial charge in [-0.2, -0.15) is 4.80 Å². The Labute approximate surface area is 164 Å². The maximum absolute atomic E-state index is 13.6. The van der Waals surface area contributed by atoms with Gasteiger partial charge in [-0.3, -0.25) is 19.3 Å². The summed E-state index contributed by atoms with van der Waals surface area (Å²) in [5, 5.41) is 14.1. The van der Waals surface area contributed by atoms with Crippen LogP contribution in [0, 0.1) is 5.82 Å². The number of fused-ring (bicyclic) bond motifs is 1. The summed E-state index contributed by atoms with van der Waals surface area (Å²) in [6, 6.07) is 12.4. The highest BCUT2D eigenvalue weighted by Gasteiger charge is 2.34. The molecule has 1 N–H and O–H groups in total. The summed E-state index contributed by atoms with van der Waals surface area (Å²) in [4.78, 5) is 38.9. The summed E-state index contributed by atoms with van der Waals surface area (Å²) in [7, 11) is 0. The minimum absolute atomic E-state index is 0.0588. The molecule has 0 saturated heterocycles. The first-order valence-corrected chi connectivity index (χ1v) is 8.79. The lowest BCUT2D eigenvalue weighted by Gasteiger charge is -2.11. The van der Waals surface area contributed by atoms with Gasteiger partial charge in [0.25, 0.3) is 11.8 Å². The standard InChI is InChI=1S/C19H15FN6O3/c20-14-7-3-4-8-15(14)21-17(27)11-26-23-16(22-24-26)9-10-25-18(28)12-5-1-2-6-13(12)19(25)29/h1-8H,9-11H2,(H,21,27). The van der Waals surface area contributed by atoms with Crippen molar-refractivity contribution in [2.75, 3.05) is 11.9 Å². The first-order chi connectivity index (χ1) is 14.0. The second-order valence-electron chi connectivity index (χ2n) is 6.32. The number of nitrogens with one attached hydrogen (secondary N) is 1. The smallest absolute Gasteiger partial charge is 0.261 e. The molecule has 1 aliphatic rings. The van der Waals surface area contributed by atoms with Crippen molar-refractivity contribution in [3.63, 3.8) is 0 Å². The van der Waals surface area contributed by atoms with Crippen molar-refractivity contribution in [3.05, 3.63) is 71.3 Å². The largest absolute Gasteiger partial charge is 0.322 e. The molecule has 0 radical (unpaired) electrons. The predicted octanol–water partition coefficient (Wildman–Crippen LogP) is 1.29. The van der Waals surface area contributed by atoms with E-state index in [0.717, 1.165) is 9.70 Å². The second-order valence-corrected chi connectivity index (χ2v) is 6.32. The van der Waals surface area contributed by atoms with E-state index in [1.54, 1.807) is 30.3 Å². The maximum Gasteiger partial charge on any atom is 0.261 e. The molecular weight excluding hydrogens is 379 g/mol. The average molecular weight is 394 g/mol. The van der Waals surface area contributed by atoms with E-state index in [1.807, 2.05) is 0 Å². The summed E-state index contributed by atoms with van der Waals surface area (Å²) in [6.45, 7) is -0.159. The highest BCUT2D eigenvalue weighted by Crippen LogP contribution is 2.22. The Hall–Kier alpha value is -3.95. The Bertz CT molecular complexity index is 1080. The Morgan fingerprint density at radius 2 is 1.66 bits per heavy atom. The van der Waals surface area contributed by atoms with Crippen LogP contribution in [0.25, 0.3) is 0 Å². The quantitative estimate of drug-likeness (QED) is 0.631. The third kappa shape index (κ3) is 3.72. The van der Waals surface area contributed by atoms with Crippen LogP contribution in [0.5, 0.6) is 0 Å². The fourth-order valence-electron chi connectivity index (χ4n) is 2.98. The fraction of sp³-hybridized carbons (Fsp3) is 0.158. The summed E-state index contributed by atoms with van der Waals surface area (Å²) in [6.07, 6.45) is 0.195. The number of anilines is 1. The molecule has 10 heteroatoms. The predicted molar refractivity (Wildman–Crippen MR) is 98.4 cm³/mol. The Morgan fingerprint density at radius 1 is 1.00 bits per heavy atom. The molecule has 0 fully saturated rings. The molecule has 1 aliphatic heterocycles. The Balaban J connectivity index is 1.34. The number of tetrazole rings is 1. The van der Waals surface area contributed by atoms with Crippen LogP contribution < -0.4 is 5.32 Å². The number of aromatic nitrogens is 4. The minimum Gasteiger partial charge on any atom is -0.322 e. The van der Waals surface area contributed by atoms with Gasteiger partial charge in [0.15, 0.2) is 5.82 Å². The molecule has 3 aromatic rings. The van der Waals surface area contributed by atoms with E-state index in [2.05, 4.69) is 20.7 Å². The molecule has 0 saturated carbocycles. The van der Waals surface area contributed by atoms with Crippen LogP contribution in [0.2, 0.25) is 0 Å². The molecule has 0 unspecified atom stereocenters. The molecule has 2 aromatic carbocycles. The molecule has 1 aromatic heterocycles. The van der Waals surface area contributed by atoms with E-state index in [1.165, 1.54) is 18.2 Å². The van der Waals surface area contributed by atoms with Gasteiger partial charge in [-0.1, -0.05) is 24.3 Å². The number of rotatable bonds is 6. The third-order valence-corrected chi connectivity index (χ3v) is 4.36.